The fourth-order valence-corrected chi connectivity index (χ4v) is 1.84. The van der Waals surface area contributed by atoms with Crippen LogP contribution in [0.5, 0.6) is 11.5 Å². The molecule has 0 unspecified atom stereocenters. The van der Waals surface area contributed by atoms with Gasteiger partial charge in [-0.1, -0.05) is 6.07 Å². The summed E-state index contributed by atoms with van der Waals surface area (Å²) in [6, 6.07) is 8.65. The van der Waals surface area contributed by atoms with Gasteiger partial charge in [-0.15, -0.1) is 0 Å². The van der Waals surface area contributed by atoms with Crippen molar-refractivity contribution in [2.24, 2.45) is 0 Å². The zero-order valence-electron chi connectivity index (χ0n) is 10.4. The van der Waals surface area contributed by atoms with Crippen LogP contribution < -0.4 is 14.8 Å². The first-order valence-electron chi connectivity index (χ1n) is 5.95. The molecule has 20 heavy (non-hydrogen) atoms. The van der Waals surface area contributed by atoms with E-state index in [1.54, 1.807) is 6.07 Å². The number of benzene rings is 1. The smallest absolute Gasteiger partial charge is 0.287 e. The van der Waals surface area contributed by atoms with Gasteiger partial charge in [-0.05, 0) is 23.8 Å². The van der Waals surface area contributed by atoms with Crippen molar-refractivity contribution in [3.05, 3.63) is 52.2 Å². The van der Waals surface area contributed by atoms with Crippen LogP contribution in [0.15, 0.2) is 36.5 Å². The fourth-order valence-electron chi connectivity index (χ4n) is 1.84. The Morgan fingerprint density at radius 2 is 2.10 bits per heavy atom. The van der Waals surface area contributed by atoms with Gasteiger partial charge in [0, 0.05) is 12.6 Å². The first-order valence-corrected chi connectivity index (χ1v) is 5.95. The van der Waals surface area contributed by atoms with Gasteiger partial charge in [-0.2, -0.15) is 0 Å². The van der Waals surface area contributed by atoms with Crippen molar-refractivity contribution in [3.8, 4) is 11.5 Å². The molecule has 0 fully saturated rings. The molecular formula is C13H11N3O4. The number of nitrogens with zero attached hydrogens (tertiary/aromatic N) is 2. The molecule has 0 saturated heterocycles. The second-order valence-corrected chi connectivity index (χ2v) is 4.20. The van der Waals surface area contributed by atoms with E-state index in [0.29, 0.717) is 12.4 Å². The van der Waals surface area contributed by atoms with Crippen LogP contribution in [0.4, 0.5) is 11.5 Å². The zero-order valence-corrected chi connectivity index (χ0v) is 10.4. The third-order valence-corrected chi connectivity index (χ3v) is 2.87. The normalized spacial score (nSPS) is 12.2. The largest absolute Gasteiger partial charge is 0.454 e. The monoisotopic (exact) mass is 273 g/mol. The van der Waals surface area contributed by atoms with Gasteiger partial charge in [0.2, 0.25) is 6.79 Å². The van der Waals surface area contributed by atoms with Crippen LogP contribution in [-0.4, -0.2) is 16.7 Å². The number of anilines is 1. The Balaban J connectivity index is 1.65. The van der Waals surface area contributed by atoms with Gasteiger partial charge >= 0.3 is 0 Å². The van der Waals surface area contributed by atoms with Crippen molar-refractivity contribution in [1.82, 2.24) is 4.98 Å². The topological polar surface area (TPSA) is 86.5 Å². The van der Waals surface area contributed by atoms with E-state index in [-0.39, 0.29) is 12.5 Å². The lowest BCUT2D eigenvalue weighted by Crippen LogP contribution is -2.01. The Hall–Kier alpha value is -2.83. The highest BCUT2D eigenvalue weighted by Gasteiger charge is 2.13. The van der Waals surface area contributed by atoms with Crippen LogP contribution in [0.1, 0.15) is 5.56 Å². The minimum absolute atomic E-state index is 0.0290. The Labute approximate surface area is 114 Å². The number of pyridine rings is 1. The molecule has 0 bridgehead atoms. The van der Waals surface area contributed by atoms with Crippen molar-refractivity contribution in [3.63, 3.8) is 0 Å². The highest BCUT2D eigenvalue weighted by molar-refractivity contribution is 5.46. The van der Waals surface area contributed by atoms with E-state index in [0.717, 1.165) is 17.1 Å². The average molecular weight is 273 g/mol. The van der Waals surface area contributed by atoms with Crippen molar-refractivity contribution >= 4 is 11.5 Å². The molecule has 1 aliphatic heterocycles. The Morgan fingerprint density at radius 3 is 2.85 bits per heavy atom. The van der Waals surface area contributed by atoms with E-state index in [1.165, 1.54) is 12.3 Å². The molecule has 1 aromatic heterocycles. The Morgan fingerprint density at radius 1 is 1.25 bits per heavy atom. The second kappa shape index (κ2) is 5.04. The molecule has 0 radical (unpaired) electrons. The lowest BCUT2D eigenvalue weighted by molar-refractivity contribution is -0.385. The summed E-state index contributed by atoms with van der Waals surface area (Å²) in [4.78, 5) is 14.0. The summed E-state index contributed by atoms with van der Waals surface area (Å²) in [5.74, 6) is 2.04. The summed E-state index contributed by atoms with van der Waals surface area (Å²) >= 11 is 0. The van der Waals surface area contributed by atoms with Crippen LogP contribution >= 0.6 is 0 Å². The predicted octanol–water partition coefficient (Wildman–Crippen LogP) is 2.33. The molecule has 102 valence electrons. The maximum absolute atomic E-state index is 10.5. The van der Waals surface area contributed by atoms with Crippen molar-refractivity contribution in [2.45, 2.75) is 6.54 Å². The van der Waals surface area contributed by atoms with E-state index in [1.807, 2.05) is 18.2 Å². The van der Waals surface area contributed by atoms with Gasteiger partial charge < -0.3 is 14.8 Å². The molecule has 7 heteroatoms. The molecule has 0 amide bonds. The zero-order chi connectivity index (χ0) is 13.9. The predicted molar refractivity (Wildman–Crippen MR) is 70.8 cm³/mol. The SMILES string of the molecule is O=[N+]([O-])c1ccc(NCc2ccc3c(c2)OCO3)nc1. The minimum Gasteiger partial charge on any atom is -0.454 e. The van der Waals surface area contributed by atoms with E-state index >= 15 is 0 Å². The quantitative estimate of drug-likeness (QED) is 0.679. The maximum Gasteiger partial charge on any atom is 0.287 e. The second-order valence-electron chi connectivity index (χ2n) is 4.20. The molecule has 1 aromatic carbocycles. The van der Waals surface area contributed by atoms with E-state index < -0.39 is 4.92 Å². The number of fused-ring (bicyclic) bond motifs is 1. The standard InChI is InChI=1S/C13H11N3O4/c17-16(18)10-2-4-13(15-7-10)14-6-9-1-3-11-12(5-9)20-8-19-11/h1-5,7H,6,8H2,(H,14,15). The highest BCUT2D eigenvalue weighted by Crippen LogP contribution is 2.32. The first kappa shape index (κ1) is 12.2. The molecule has 0 saturated carbocycles. The lowest BCUT2D eigenvalue weighted by atomic mass is 10.2. The molecule has 0 spiro atoms. The van der Waals surface area contributed by atoms with Crippen LogP contribution in [0.3, 0.4) is 0 Å². The molecule has 1 N–H and O–H groups in total. The van der Waals surface area contributed by atoms with E-state index in [9.17, 15) is 10.1 Å². The first-order chi connectivity index (χ1) is 9.72. The van der Waals surface area contributed by atoms with Gasteiger partial charge in [0.25, 0.3) is 5.69 Å². The molecule has 7 nitrogen and oxygen atoms in total. The molecule has 3 rings (SSSR count). The summed E-state index contributed by atoms with van der Waals surface area (Å²) in [5, 5.41) is 13.6. The van der Waals surface area contributed by atoms with Crippen LogP contribution in [0.25, 0.3) is 0 Å². The molecule has 2 aromatic rings. The van der Waals surface area contributed by atoms with Gasteiger partial charge in [-0.3, -0.25) is 10.1 Å². The third-order valence-electron chi connectivity index (χ3n) is 2.87. The maximum atomic E-state index is 10.5. The number of ether oxygens (including phenoxy) is 2. The summed E-state index contributed by atoms with van der Waals surface area (Å²) in [6.45, 7) is 0.789. The average Bonchev–Trinajstić information content (AvgIpc) is 2.93. The van der Waals surface area contributed by atoms with Crippen molar-refractivity contribution in [1.29, 1.82) is 0 Å². The van der Waals surface area contributed by atoms with Gasteiger partial charge in [0.15, 0.2) is 11.5 Å². The van der Waals surface area contributed by atoms with Crippen molar-refractivity contribution < 1.29 is 14.4 Å². The lowest BCUT2D eigenvalue weighted by Gasteiger charge is -2.06. The van der Waals surface area contributed by atoms with Crippen LogP contribution in [-0.2, 0) is 6.54 Å². The van der Waals surface area contributed by atoms with E-state index in [2.05, 4.69) is 10.3 Å². The van der Waals surface area contributed by atoms with Gasteiger partial charge in [0.05, 0.1) is 4.92 Å². The summed E-state index contributed by atoms with van der Waals surface area (Å²) in [5.41, 5.74) is 0.980. The number of rotatable bonds is 4. The van der Waals surface area contributed by atoms with Gasteiger partial charge in [0.1, 0.15) is 12.0 Å². The van der Waals surface area contributed by atoms with Crippen LogP contribution in [0.2, 0.25) is 0 Å². The summed E-state index contributed by atoms with van der Waals surface area (Å²) in [7, 11) is 0. The van der Waals surface area contributed by atoms with Crippen LogP contribution in [0, 0.1) is 10.1 Å². The summed E-state index contributed by atoms with van der Waals surface area (Å²) < 4.78 is 10.5. The molecule has 2 heterocycles. The fraction of sp³-hybridized carbons (Fsp3) is 0.154. The number of nitro groups is 1. The highest BCUT2D eigenvalue weighted by atomic mass is 16.7. The van der Waals surface area contributed by atoms with Crippen molar-refractivity contribution in [2.75, 3.05) is 12.1 Å². The van der Waals surface area contributed by atoms with E-state index in [4.69, 9.17) is 9.47 Å². The molecule has 1 aliphatic rings. The molecular weight excluding hydrogens is 262 g/mol. The summed E-state index contributed by atoms with van der Waals surface area (Å²) in [6.07, 6.45) is 1.22. The Bertz CT molecular complexity index is 643. The molecule has 0 atom stereocenters. The number of nitrogens with one attached hydrogen (secondary N) is 1. The Kier molecular flexibility index (Phi) is 3.08. The third kappa shape index (κ3) is 2.46. The molecule has 0 aliphatic carbocycles. The minimum atomic E-state index is -0.478. The van der Waals surface area contributed by atoms with Gasteiger partial charge in [-0.25, -0.2) is 4.98 Å². The number of aromatic nitrogens is 1. The number of hydrogen-bond acceptors (Lipinski definition) is 6. The number of hydrogen-bond donors (Lipinski definition) is 1.